The van der Waals surface area contributed by atoms with E-state index in [0.717, 1.165) is 11.1 Å². The number of aromatic nitrogens is 12. The molecule has 10 N–H and O–H groups in total. The van der Waals surface area contributed by atoms with Gasteiger partial charge < -0.3 is 69.0 Å². The molecule has 3 aliphatic rings. The van der Waals surface area contributed by atoms with Gasteiger partial charge in [-0.2, -0.15) is 0 Å². The van der Waals surface area contributed by atoms with Crippen molar-refractivity contribution in [1.29, 1.82) is 0 Å². The molecule has 0 bridgehead atoms. The van der Waals surface area contributed by atoms with Gasteiger partial charge in [0, 0.05) is 32.6 Å². The molecular weight excluding hydrogens is 1360 g/mol. The van der Waals surface area contributed by atoms with Crippen LogP contribution >= 0.6 is 15.0 Å². The smallest absolute Gasteiger partial charge is 0.323 e. The van der Waals surface area contributed by atoms with Gasteiger partial charge in [-0.1, -0.05) is 102 Å². The van der Waals surface area contributed by atoms with E-state index in [4.69, 9.17) is 58.8 Å². The highest BCUT2D eigenvalue weighted by Gasteiger charge is 2.48. The van der Waals surface area contributed by atoms with Crippen LogP contribution in [0.15, 0.2) is 98.6 Å². The first-order valence-electron chi connectivity index (χ1n) is 32.8. The summed E-state index contributed by atoms with van der Waals surface area (Å²) in [5.41, 5.74) is 22.5. The molecule has 3 aliphatic heterocycles. The third kappa shape index (κ3) is 19.1. The zero-order valence-electron chi connectivity index (χ0n) is 58.9. The van der Waals surface area contributed by atoms with E-state index >= 15 is 0 Å². The molecule has 0 radical (unpaired) electrons. The number of nitrogen functional groups attached to an aromatic ring is 3. The van der Waals surface area contributed by atoms with Crippen molar-refractivity contribution in [3.63, 3.8) is 0 Å². The number of nitrogens with two attached hydrogens (primary N) is 3. The van der Waals surface area contributed by atoms with Gasteiger partial charge in [-0.3, -0.25) is 32.4 Å². The van der Waals surface area contributed by atoms with Crippen molar-refractivity contribution in [3.8, 4) is 0 Å². The molecule has 9 heterocycles. The molecular formula is C64H95N17O15P2Si2. The molecule has 36 heteroatoms. The summed E-state index contributed by atoms with van der Waals surface area (Å²) in [6, 6.07) is 17.0. The Balaban J connectivity index is 0.000000180. The van der Waals surface area contributed by atoms with Crippen LogP contribution in [0.3, 0.4) is 0 Å². The van der Waals surface area contributed by atoms with Crippen LogP contribution in [0.5, 0.6) is 0 Å². The molecule has 544 valence electrons. The summed E-state index contributed by atoms with van der Waals surface area (Å²) in [7, 11) is -10.9. The quantitative estimate of drug-likeness (QED) is 0.0170. The van der Waals surface area contributed by atoms with Crippen LogP contribution in [0, 0.1) is 0 Å². The zero-order valence-corrected chi connectivity index (χ0v) is 62.7. The van der Waals surface area contributed by atoms with E-state index in [2.05, 4.69) is 123 Å². The number of esters is 2. The first-order valence-corrected chi connectivity index (χ1v) is 42.8. The number of carbonyl (C=O) groups is 2. The number of carbonyl (C=O) groups excluding carboxylic acids is 2. The van der Waals surface area contributed by atoms with Crippen LogP contribution in [0.1, 0.15) is 104 Å². The van der Waals surface area contributed by atoms with Crippen molar-refractivity contribution in [1.82, 2.24) is 68.7 Å². The largest absolute Gasteiger partial charge is 0.460 e. The number of benzene rings is 2. The Morgan fingerprint density at radius 3 is 1.27 bits per heavy atom. The van der Waals surface area contributed by atoms with Crippen molar-refractivity contribution >= 4 is 94.6 Å². The minimum absolute atomic E-state index is 0.0238. The van der Waals surface area contributed by atoms with Crippen LogP contribution < -0.4 is 27.4 Å². The summed E-state index contributed by atoms with van der Waals surface area (Å²) in [5, 5.41) is 25.6. The van der Waals surface area contributed by atoms with E-state index in [1.165, 1.54) is 38.6 Å². The maximum Gasteiger partial charge on any atom is 0.323 e. The normalized spacial score (nSPS) is 23.1. The van der Waals surface area contributed by atoms with Crippen molar-refractivity contribution in [2.75, 3.05) is 50.4 Å². The van der Waals surface area contributed by atoms with E-state index in [-0.39, 0.29) is 79.5 Å². The Kier molecular flexibility index (Phi) is 24.7. The molecule has 6 aromatic heterocycles. The number of nitrogens with one attached hydrogen (secondary N) is 2. The number of aliphatic hydroxyl groups is 2. The molecule has 0 unspecified atom stereocenters. The SMILES string of the molecule is CC(C)(C)[Si](C)(C)O[C@@H]1C[C@@H](CO)O[C@H]1n1cnc2c(N)ncnc21.C[C@H](N[P@@](C)(=O)OC[C@@H]1C[C@@H](O)[C@H](n2cnc3c(N)ncnc32)O1)C(=O)OCc1ccccc1.C[C@H](N[P@@](C)(=O)OC[C@@H]1C[C@@H](O[Si](C)(C)C(C)(C)C)[C@H](n2cnc3c(N)ncnc32)O1)C(=O)OCc1ccccc1. The lowest BCUT2D eigenvalue weighted by molar-refractivity contribution is -0.147. The number of rotatable bonds is 24. The van der Waals surface area contributed by atoms with Crippen molar-refractivity contribution < 1.29 is 70.5 Å². The standard InChI is InChI=1S/C27H41N6O6PSi.C21H27N6O6P.C16H27N5O3Si/c1-18(26(34)36-14-19-11-9-8-10-12-19)32-40(5,35)37-15-20-13-21(39-41(6,7)27(2,3)4)25(38-20)33-17-31-22-23(28)29-16-30-24(22)33;1-13(21(29)31-9-14-6-4-3-5-7-14)26-34(2,30)32-10-15-8-16(28)20(33-15)27-12-25-17-18(22)23-11-24-19(17)27;1-16(2,3)25(4,5)24-11-6-10(7-22)23-15(11)21-9-20-12-13(17)18-8-19-14(12)21/h8-12,16-18,20-21,25H,13-15H2,1-7H3,(H,32,35)(H2,28,29,30);3-7,11-13,15-16,20,28H,8-10H2,1-2H3,(H,26,30)(H2,22,23,24);8-11,15,22H,6-7H2,1-5H3,(H2,17,18,19)/t18-,20-,21+,25+,40-;13-,15-,16+,20+,34-;10-,11+,15+/m000/s1. The number of anilines is 3. The van der Waals surface area contributed by atoms with E-state index in [9.17, 15) is 28.9 Å². The predicted octanol–water partition coefficient (Wildman–Crippen LogP) is 8.34. The molecule has 8 aromatic rings. The Hall–Kier alpha value is -7.12. The van der Waals surface area contributed by atoms with Gasteiger partial charge in [0.1, 0.15) is 66.9 Å². The number of hydrogen-bond donors (Lipinski definition) is 7. The topological polar surface area (TPSA) is 425 Å². The number of aliphatic hydroxyl groups excluding tert-OH is 2. The third-order valence-corrected chi connectivity index (χ3v) is 30.2. The van der Waals surface area contributed by atoms with Gasteiger partial charge in [-0.25, -0.2) is 55.0 Å². The third-order valence-electron chi connectivity index (χ3n) is 18.2. The second-order valence-corrected chi connectivity index (χ2v) is 42.1. The Morgan fingerprint density at radius 1 is 0.560 bits per heavy atom. The number of nitrogens with zero attached hydrogens (tertiary/aromatic N) is 12. The van der Waals surface area contributed by atoms with Crippen LogP contribution in [-0.2, 0) is 73.5 Å². The maximum absolute atomic E-state index is 13.3. The van der Waals surface area contributed by atoms with E-state index < -0.39 is 92.7 Å². The number of imidazole rings is 3. The minimum Gasteiger partial charge on any atom is -0.460 e. The number of ether oxygens (including phenoxy) is 5. The maximum atomic E-state index is 13.3. The number of fused-ring (bicyclic) bond motifs is 3. The summed E-state index contributed by atoms with van der Waals surface area (Å²) < 4.78 is 85.1. The second-order valence-electron chi connectivity index (χ2n) is 28.2. The van der Waals surface area contributed by atoms with Gasteiger partial charge in [0.2, 0.25) is 0 Å². The van der Waals surface area contributed by atoms with Gasteiger partial charge in [-0.05, 0) is 61.2 Å². The molecule has 11 rings (SSSR count). The summed E-state index contributed by atoms with van der Waals surface area (Å²) >= 11 is 0. The minimum atomic E-state index is -3.38. The van der Waals surface area contributed by atoms with Crippen LogP contribution in [0.4, 0.5) is 17.5 Å². The van der Waals surface area contributed by atoms with Gasteiger partial charge in [0.05, 0.1) is 69.3 Å². The Bertz CT molecular complexity index is 4170. The van der Waals surface area contributed by atoms with Crippen molar-refractivity contribution in [2.24, 2.45) is 0 Å². The summed E-state index contributed by atoms with van der Waals surface area (Å²) in [6.45, 7) is 28.1. The first kappa shape index (κ1) is 77.1. The van der Waals surface area contributed by atoms with Crippen molar-refractivity contribution in [2.45, 2.75) is 192 Å². The van der Waals surface area contributed by atoms with E-state index in [1.807, 2.05) is 65.2 Å². The molecule has 0 spiro atoms. The fourth-order valence-corrected chi connectivity index (χ4v) is 16.1. The van der Waals surface area contributed by atoms with Crippen molar-refractivity contribution in [3.05, 3.63) is 110 Å². The highest BCUT2D eigenvalue weighted by atomic mass is 31.2. The molecule has 13 atom stereocenters. The molecule has 0 aliphatic carbocycles. The summed E-state index contributed by atoms with van der Waals surface area (Å²) in [5.74, 6) is -0.223. The monoisotopic (exact) mass is 1460 g/mol. The first-order chi connectivity index (χ1) is 47.0. The Labute approximate surface area is 582 Å². The van der Waals surface area contributed by atoms with E-state index in [0.29, 0.717) is 52.2 Å². The molecule has 3 fully saturated rings. The molecule has 2 aromatic carbocycles. The average Bonchev–Trinajstić information content (AvgIpc) is 1.63. The molecule has 100 heavy (non-hydrogen) atoms. The Morgan fingerprint density at radius 2 is 0.900 bits per heavy atom. The summed E-state index contributed by atoms with van der Waals surface area (Å²) in [4.78, 5) is 62.4. The fourth-order valence-electron chi connectivity index (χ4n) is 10.8. The lowest BCUT2D eigenvalue weighted by Crippen LogP contribution is -2.45. The van der Waals surface area contributed by atoms with E-state index in [1.54, 1.807) is 35.6 Å². The van der Waals surface area contributed by atoms with Crippen LogP contribution in [0.25, 0.3) is 33.5 Å². The zero-order chi connectivity index (χ0) is 72.7. The van der Waals surface area contributed by atoms with Crippen LogP contribution in [0.2, 0.25) is 36.3 Å². The molecule has 32 nitrogen and oxygen atoms in total. The molecule has 3 saturated heterocycles. The van der Waals surface area contributed by atoms with Crippen LogP contribution in [-0.4, -0.2) is 179 Å². The summed E-state index contributed by atoms with van der Waals surface area (Å²) in [6.07, 6.45) is 5.96. The fraction of sp³-hybridized carbons (Fsp3) is 0.547. The lowest BCUT2D eigenvalue weighted by atomic mass is 10.2. The molecule has 0 saturated carbocycles. The predicted molar refractivity (Wildman–Crippen MR) is 379 cm³/mol. The highest BCUT2D eigenvalue weighted by Crippen LogP contribution is 2.46. The average molecular weight is 1460 g/mol. The van der Waals surface area contributed by atoms with Gasteiger partial charge >= 0.3 is 11.9 Å². The second kappa shape index (κ2) is 32.0. The lowest BCUT2D eigenvalue weighted by Gasteiger charge is -2.39. The van der Waals surface area contributed by atoms with Gasteiger partial charge in [-0.15, -0.1) is 0 Å². The highest BCUT2D eigenvalue weighted by molar-refractivity contribution is 7.56. The van der Waals surface area contributed by atoms with Gasteiger partial charge in [0.15, 0.2) is 69.7 Å². The number of hydrogen-bond acceptors (Lipinski definition) is 27. The van der Waals surface area contributed by atoms with Gasteiger partial charge in [0.25, 0.3) is 15.0 Å². The molecule has 0 amide bonds.